The zero-order valence-electron chi connectivity index (χ0n) is 11.4. The summed E-state index contributed by atoms with van der Waals surface area (Å²) in [6.45, 7) is 2.78. The average molecular weight is 309 g/mol. The average Bonchev–Trinajstić information content (AvgIpc) is 2.50. The highest BCUT2D eigenvalue weighted by Gasteiger charge is 2.20. The van der Waals surface area contributed by atoms with E-state index in [-0.39, 0.29) is 5.82 Å². The van der Waals surface area contributed by atoms with Crippen molar-refractivity contribution in [1.29, 1.82) is 0 Å². The van der Waals surface area contributed by atoms with E-state index in [9.17, 15) is 8.78 Å². The van der Waals surface area contributed by atoms with Crippen LogP contribution in [0.5, 0.6) is 0 Å². The van der Waals surface area contributed by atoms with Gasteiger partial charge < -0.3 is 9.80 Å². The van der Waals surface area contributed by atoms with Crippen molar-refractivity contribution in [2.45, 2.75) is 0 Å². The number of halogens is 3. The van der Waals surface area contributed by atoms with Crippen LogP contribution < -0.4 is 9.80 Å². The van der Waals surface area contributed by atoms with Crippen LogP contribution in [-0.2, 0) is 0 Å². The Balaban J connectivity index is 1.72. The molecule has 21 heavy (non-hydrogen) atoms. The van der Waals surface area contributed by atoms with Gasteiger partial charge in [0.05, 0.1) is 5.69 Å². The fourth-order valence-electron chi connectivity index (χ4n) is 2.61. The SMILES string of the molecule is Fc1ccc(F)c(N2CCN(c3cccc(Cl)c3)CC2)c1. The van der Waals surface area contributed by atoms with Gasteiger partial charge in [-0.25, -0.2) is 8.78 Å². The van der Waals surface area contributed by atoms with Gasteiger partial charge in [0, 0.05) is 43.0 Å². The first-order valence-electron chi connectivity index (χ1n) is 6.84. The van der Waals surface area contributed by atoms with Crippen molar-refractivity contribution in [3.05, 3.63) is 59.1 Å². The molecule has 5 heteroatoms. The van der Waals surface area contributed by atoms with Gasteiger partial charge in [-0.3, -0.25) is 0 Å². The van der Waals surface area contributed by atoms with Crippen LogP contribution in [0.4, 0.5) is 20.2 Å². The van der Waals surface area contributed by atoms with Crippen molar-refractivity contribution in [3.8, 4) is 0 Å². The first-order valence-corrected chi connectivity index (χ1v) is 7.22. The first-order chi connectivity index (χ1) is 10.1. The lowest BCUT2D eigenvalue weighted by atomic mass is 10.2. The molecule has 1 fully saturated rings. The Morgan fingerprint density at radius 2 is 1.57 bits per heavy atom. The van der Waals surface area contributed by atoms with Gasteiger partial charge in [0.15, 0.2) is 0 Å². The Hall–Kier alpha value is -1.81. The normalized spacial score (nSPS) is 15.4. The smallest absolute Gasteiger partial charge is 0.146 e. The van der Waals surface area contributed by atoms with E-state index < -0.39 is 5.82 Å². The zero-order valence-corrected chi connectivity index (χ0v) is 12.2. The van der Waals surface area contributed by atoms with Gasteiger partial charge in [0.2, 0.25) is 0 Å². The molecule has 0 aliphatic carbocycles. The monoisotopic (exact) mass is 308 g/mol. The molecule has 2 aromatic rings. The van der Waals surface area contributed by atoms with Crippen LogP contribution in [-0.4, -0.2) is 26.2 Å². The van der Waals surface area contributed by atoms with E-state index in [4.69, 9.17) is 11.6 Å². The van der Waals surface area contributed by atoms with Gasteiger partial charge in [-0.05, 0) is 30.3 Å². The van der Waals surface area contributed by atoms with Crippen LogP contribution in [0.25, 0.3) is 0 Å². The van der Waals surface area contributed by atoms with Crippen molar-refractivity contribution >= 4 is 23.0 Å². The fourth-order valence-corrected chi connectivity index (χ4v) is 2.79. The van der Waals surface area contributed by atoms with Gasteiger partial charge in [0.25, 0.3) is 0 Å². The van der Waals surface area contributed by atoms with Crippen LogP contribution in [0, 0.1) is 11.6 Å². The predicted molar refractivity (Wildman–Crippen MR) is 82.2 cm³/mol. The molecular formula is C16H15ClF2N2. The number of piperazine rings is 1. The lowest BCUT2D eigenvalue weighted by Crippen LogP contribution is -2.46. The predicted octanol–water partition coefficient (Wildman–Crippen LogP) is 3.94. The summed E-state index contributed by atoms with van der Waals surface area (Å²) in [4.78, 5) is 4.07. The molecule has 1 aliphatic heterocycles. The third-order valence-electron chi connectivity index (χ3n) is 3.70. The molecule has 0 N–H and O–H groups in total. The molecule has 1 saturated heterocycles. The van der Waals surface area contributed by atoms with Crippen molar-refractivity contribution in [1.82, 2.24) is 0 Å². The van der Waals surface area contributed by atoms with Crippen molar-refractivity contribution in [3.63, 3.8) is 0 Å². The van der Waals surface area contributed by atoms with E-state index in [1.54, 1.807) is 0 Å². The van der Waals surface area contributed by atoms with Crippen LogP contribution in [0.1, 0.15) is 0 Å². The summed E-state index contributed by atoms with van der Waals surface area (Å²) in [5.74, 6) is -0.795. The van der Waals surface area contributed by atoms with Crippen LogP contribution in [0.2, 0.25) is 5.02 Å². The molecule has 0 bridgehead atoms. The van der Waals surface area contributed by atoms with E-state index in [1.807, 2.05) is 29.2 Å². The van der Waals surface area contributed by atoms with Crippen LogP contribution in [0.3, 0.4) is 0 Å². The number of benzene rings is 2. The quantitative estimate of drug-likeness (QED) is 0.829. The first kappa shape index (κ1) is 14.1. The minimum Gasteiger partial charge on any atom is -0.368 e. The summed E-state index contributed by atoms with van der Waals surface area (Å²) in [5.41, 5.74) is 1.39. The number of hydrogen-bond donors (Lipinski definition) is 0. The third kappa shape index (κ3) is 3.10. The Kier molecular flexibility index (Phi) is 3.97. The molecule has 0 spiro atoms. The molecule has 0 saturated carbocycles. The van der Waals surface area contributed by atoms with Gasteiger partial charge in [-0.2, -0.15) is 0 Å². The highest BCUT2D eigenvalue weighted by atomic mass is 35.5. The summed E-state index contributed by atoms with van der Waals surface area (Å²) in [7, 11) is 0. The van der Waals surface area contributed by atoms with E-state index in [0.29, 0.717) is 23.8 Å². The number of hydrogen-bond acceptors (Lipinski definition) is 2. The maximum Gasteiger partial charge on any atom is 0.146 e. The van der Waals surface area contributed by atoms with Gasteiger partial charge in [-0.1, -0.05) is 17.7 Å². The van der Waals surface area contributed by atoms with Gasteiger partial charge in [0.1, 0.15) is 11.6 Å². The summed E-state index contributed by atoms with van der Waals surface area (Å²) < 4.78 is 27.1. The van der Waals surface area contributed by atoms with Crippen LogP contribution in [0.15, 0.2) is 42.5 Å². The molecule has 2 aromatic carbocycles. The third-order valence-corrected chi connectivity index (χ3v) is 3.94. The Labute approximate surface area is 127 Å². The van der Waals surface area contributed by atoms with Crippen molar-refractivity contribution in [2.75, 3.05) is 36.0 Å². The highest BCUT2D eigenvalue weighted by molar-refractivity contribution is 6.30. The highest BCUT2D eigenvalue weighted by Crippen LogP contribution is 2.25. The number of rotatable bonds is 2. The minimum atomic E-state index is -0.413. The molecule has 2 nitrogen and oxygen atoms in total. The number of nitrogens with zero attached hydrogens (tertiary/aromatic N) is 2. The summed E-state index contributed by atoms with van der Waals surface area (Å²) in [5, 5.41) is 0.700. The summed E-state index contributed by atoms with van der Waals surface area (Å²) in [6, 6.07) is 11.2. The molecule has 0 amide bonds. The minimum absolute atomic E-state index is 0.334. The second kappa shape index (κ2) is 5.90. The van der Waals surface area contributed by atoms with E-state index >= 15 is 0 Å². The lowest BCUT2D eigenvalue weighted by molar-refractivity contribution is 0.580. The maximum atomic E-state index is 13.8. The lowest BCUT2D eigenvalue weighted by Gasteiger charge is -2.37. The van der Waals surface area contributed by atoms with E-state index in [0.717, 1.165) is 24.8 Å². The second-order valence-electron chi connectivity index (χ2n) is 5.05. The second-order valence-corrected chi connectivity index (χ2v) is 5.49. The Morgan fingerprint density at radius 1 is 0.857 bits per heavy atom. The number of anilines is 2. The standard InChI is InChI=1S/C16H15ClF2N2/c17-12-2-1-3-14(10-12)20-6-8-21(9-7-20)16-11-13(18)4-5-15(16)19/h1-5,10-11H,6-9H2. The van der Waals surface area contributed by atoms with Gasteiger partial charge in [-0.15, -0.1) is 0 Å². The summed E-state index contributed by atoms with van der Waals surface area (Å²) >= 11 is 6.00. The van der Waals surface area contributed by atoms with Gasteiger partial charge >= 0.3 is 0 Å². The molecule has 1 heterocycles. The molecule has 0 unspecified atom stereocenters. The molecule has 0 radical (unpaired) electrons. The maximum absolute atomic E-state index is 13.8. The Bertz CT molecular complexity index is 640. The summed E-state index contributed by atoms with van der Waals surface area (Å²) in [6.07, 6.45) is 0. The topological polar surface area (TPSA) is 6.48 Å². The largest absolute Gasteiger partial charge is 0.368 e. The molecule has 110 valence electrons. The fraction of sp³-hybridized carbons (Fsp3) is 0.250. The molecule has 1 aliphatic rings. The molecule has 0 atom stereocenters. The van der Waals surface area contributed by atoms with E-state index in [2.05, 4.69) is 4.90 Å². The molecular weight excluding hydrogens is 294 g/mol. The molecule has 0 aromatic heterocycles. The molecule has 3 rings (SSSR count). The zero-order chi connectivity index (χ0) is 14.8. The van der Waals surface area contributed by atoms with Crippen molar-refractivity contribution < 1.29 is 8.78 Å². The van der Waals surface area contributed by atoms with E-state index in [1.165, 1.54) is 12.1 Å². The Morgan fingerprint density at radius 3 is 2.29 bits per heavy atom. The van der Waals surface area contributed by atoms with Crippen molar-refractivity contribution in [2.24, 2.45) is 0 Å². The van der Waals surface area contributed by atoms with Crippen LogP contribution >= 0.6 is 11.6 Å².